The molecule has 8 heteroatoms. The van der Waals surface area contributed by atoms with Gasteiger partial charge in [-0.25, -0.2) is 4.98 Å². The largest absolute Gasteiger partial charge is 0.490 e. The number of para-hydroxylation sites is 2. The minimum atomic E-state index is 0.0995. The Balaban J connectivity index is 1.31. The highest BCUT2D eigenvalue weighted by atomic mass is 16.5. The Labute approximate surface area is 189 Å². The predicted molar refractivity (Wildman–Crippen MR) is 122 cm³/mol. The Bertz CT molecular complexity index is 884. The summed E-state index contributed by atoms with van der Waals surface area (Å²) in [5, 5.41) is 3.44. The van der Waals surface area contributed by atoms with E-state index in [9.17, 15) is 0 Å². The topological polar surface area (TPSA) is 77.4 Å². The first kappa shape index (κ1) is 22.4. The molecule has 1 aromatic heterocycles. The van der Waals surface area contributed by atoms with Crippen LogP contribution in [-0.2, 0) is 16.0 Å². The fraction of sp³-hybridized carbons (Fsp3) is 0.500. The number of benzene rings is 1. The molecule has 0 amide bonds. The number of guanidine groups is 1. The molecule has 0 spiro atoms. The van der Waals surface area contributed by atoms with Crippen molar-refractivity contribution >= 4 is 5.96 Å². The van der Waals surface area contributed by atoms with Crippen LogP contribution >= 0.6 is 0 Å². The molecule has 32 heavy (non-hydrogen) atoms. The summed E-state index contributed by atoms with van der Waals surface area (Å²) in [7, 11) is 1.81. The molecule has 8 nitrogen and oxygen atoms in total. The molecular formula is C24H32N4O4. The van der Waals surface area contributed by atoms with E-state index in [-0.39, 0.29) is 12.2 Å². The average Bonchev–Trinajstić information content (AvgIpc) is 3.37. The molecular weight excluding hydrogens is 408 g/mol. The molecule has 2 aliphatic heterocycles. The Kier molecular flexibility index (Phi) is 7.79. The Hall–Kier alpha value is -2.84. The van der Waals surface area contributed by atoms with Gasteiger partial charge in [-0.15, -0.1) is 0 Å². The third kappa shape index (κ3) is 5.69. The maximum atomic E-state index is 5.95. The molecule has 2 unspecified atom stereocenters. The van der Waals surface area contributed by atoms with Crippen LogP contribution in [0.5, 0.6) is 17.4 Å². The smallest absolute Gasteiger partial charge is 0.219 e. The molecule has 1 aromatic carbocycles. The first-order valence-corrected chi connectivity index (χ1v) is 11.3. The second kappa shape index (κ2) is 11.2. The lowest BCUT2D eigenvalue weighted by Crippen LogP contribution is -2.53. The van der Waals surface area contributed by atoms with Crippen molar-refractivity contribution in [3.05, 3.63) is 48.2 Å². The van der Waals surface area contributed by atoms with Gasteiger partial charge in [0.25, 0.3) is 0 Å². The summed E-state index contributed by atoms with van der Waals surface area (Å²) < 4.78 is 23.3. The number of hydrogen-bond acceptors (Lipinski definition) is 6. The third-order valence-electron chi connectivity index (χ3n) is 5.60. The predicted octanol–water partition coefficient (Wildman–Crippen LogP) is 3.23. The molecule has 2 saturated heterocycles. The van der Waals surface area contributed by atoms with E-state index < -0.39 is 0 Å². The number of morpholine rings is 1. The molecule has 2 fully saturated rings. The van der Waals surface area contributed by atoms with Gasteiger partial charge in [0, 0.05) is 45.6 Å². The van der Waals surface area contributed by atoms with E-state index >= 15 is 0 Å². The van der Waals surface area contributed by atoms with Crippen LogP contribution in [0.15, 0.2) is 47.6 Å². The molecule has 172 valence electrons. The lowest BCUT2D eigenvalue weighted by atomic mass is 10.1. The number of rotatable bonds is 7. The van der Waals surface area contributed by atoms with Crippen molar-refractivity contribution in [1.29, 1.82) is 0 Å². The second-order valence-electron chi connectivity index (χ2n) is 7.79. The van der Waals surface area contributed by atoms with Gasteiger partial charge in [-0.05, 0) is 37.5 Å². The third-order valence-corrected chi connectivity index (χ3v) is 5.60. The highest BCUT2D eigenvalue weighted by Crippen LogP contribution is 2.30. The van der Waals surface area contributed by atoms with E-state index in [1.54, 1.807) is 0 Å². The molecule has 1 N–H and O–H groups in total. The van der Waals surface area contributed by atoms with E-state index in [4.69, 9.17) is 18.9 Å². The van der Waals surface area contributed by atoms with Crippen molar-refractivity contribution in [2.24, 2.45) is 4.99 Å². The van der Waals surface area contributed by atoms with Crippen LogP contribution in [0.1, 0.15) is 25.3 Å². The second-order valence-corrected chi connectivity index (χ2v) is 7.79. The molecule has 2 aliphatic rings. The van der Waals surface area contributed by atoms with Crippen molar-refractivity contribution in [2.45, 2.75) is 38.5 Å². The summed E-state index contributed by atoms with van der Waals surface area (Å²) in [6, 6.07) is 11.5. The minimum Gasteiger partial charge on any atom is -0.490 e. The molecule has 0 radical (unpaired) electrons. The van der Waals surface area contributed by atoms with Gasteiger partial charge in [0.15, 0.2) is 17.5 Å². The van der Waals surface area contributed by atoms with Crippen LogP contribution in [0.4, 0.5) is 0 Å². The summed E-state index contributed by atoms with van der Waals surface area (Å²) in [5.41, 5.74) is 1.04. The van der Waals surface area contributed by atoms with Crippen molar-refractivity contribution in [3.63, 3.8) is 0 Å². The summed E-state index contributed by atoms with van der Waals surface area (Å²) in [5.74, 6) is 2.75. The average molecular weight is 441 g/mol. The van der Waals surface area contributed by atoms with Crippen LogP contribution in [0.3, 0.4) is 0 Å². The first-order chi connectivity index (χ1) is 15.8. The van der Waals surface area contributed by atoms with Crippen molar-refractivity contribution in [2.75, 3.05) is 40.0 Å². The van der Waals surface area contributed by atoms with Gasteiger partial charge >= 0.3 is 0 Å². The van der Waals surface area contributed by atoms with E-state index in [2.05, 4.69) is 20.2 Å². The highest BCUT2D eigenvalue weighted by molar-refractivity contribution is 5.80. The summed E-state index contributed by atoms with van der Waals surface area (Å²) in [6.45, 7) is 6.27. The van der Waals surface area contributed by atoms with Crippen molar-refractivity contribution in [3.8, 4) is 17.4 Å². The first-order valence-electron chi connectivity index (χ1n) is 11.3. The number of pyridine rings is 1. The number of nitrogens with zero attached hydrogens (tertiary/aromatic N) is 3. The molecule has 4 rings (SSSR count). The van der Waals surface area contributed by atoms with Crippen LogP contribution in [-0.4, -0.2) is 68.0 Å². The fourth-order valence-electron chi connectivity index (χ4n) is 4.00. The molecule has 0 aliphatic carbocycles. The van der Waals surface area contributed by atoms with E-state index in [0.717, 1.165) is 44.1 Å². The van der Waals surface area contributed by atoms with Crippen molar-refractivity contribution in [1.82, 2.24) is 15.2 Å². The van der Waals surface area contributed by atoms with Gasteiger partial charge in [-0.1, -0.05) is 18.2 Å². The van der Waals surface area contributed by atoms with E-state index in [1.807, 2.05) is 56.6 Å². The van der Waals surface area contributed by atoms with Crippen LogP contribution in [0.25, 0.3) is 0 Å². The normalized spacial score (nSPS) is 21.4. The van der Waals surface area contributed by atoms with Gasteiger partial charge in [0.05, 0.1) is 19.3 Å². The van der Waals surface area contributed by atoms with Gasteiger partial charge in [0.1, 0.15) is 6.10 Å². The lowest BCUT2D eigenvalue weighted by Gasteiger charge is -2.37. The van der Waals surface area contributed by atoms with Crippen LogP contribution in [0, 0.1) is 0 Å². The van der Waals surface area contributed by atoms with Gasteiger partial charge < -0.3 is 29.2 Å². The Morgan fingerprint density at radius 3 is 2.72 bits per heavy atom. The number of nitrogens with one attached hydrogen (secondary N) is 1. The summed E-state index contributed by atoms with van der Waals surface area (Å²) in [6.07, 6.45) is 4.29. The van der Waals surface area contributed by atoms with Gasteiger partial charge in [0.2, 0.25) is 5.88 Å². The number of ether oxygens (including phenoxy) is 4. The molecule has 2 atom stereocenters. The SMILES string of the molecule is CCOc1ccccc1Oc1ccc(CNC(=NC)N2CCOC(C3CCCO3)C2)cn1. The number of aliphatic imine (C=N–C) groups is 1. The summed E-state index contributed by atoms with van der Waals surface area (Å²) in [4.78, 5) is 11.2. The highest BCUT2D eigenvalue weighted by Gasteiger charge is 2.32. The molecule has 0 bridgehead atoms. The maximum Gasteiger partial charge on any atom is 0.219 e. The van der Waals surface area contributed by atoms with E-state index in [0.29, 0.717) is 37.1 Å². The zero-order valence-electron chi connectivity index (χ0n) is 18.8. The van der Waals surface area contributed by atoms with Crippen LogP contribution in [0.2, 0.25) is 0 Å². The number of hydrogen-bond donors (Lipinski definition) is 1. The molecule has 0 saturated carbocycles. The molecule has 3 heterocycles. The van der Waals surface area contributed by atoms with Gasteiger partial charge in [-0.2, -0.15) is 0 Å². The van der Waals surface area contributed by atoms with E-state index in [1.165, 1.54) is 0 Å². The van der Waals surface area contributed by atoms with Gasteiger partial charge in [-0.3, -0.25) is 4.99 Å². The monoisotopic (exact) mass is 440 g/mol. The quantitative estimate of drug-likeness (QED) is 0.523. The Morgan fingerprint density at radius 1 is 1.16 bits per heavy atom. The van der Waals surface area contributed by atoms with Crippen LogP contribution < -0.4 is 14.8 Å². The zero-order chi connectivity index (χ0) is 22.2. The number of aromatic nitrogens is 1. The zero-order valence-corrected chi connectivity index (χ0v) is 18.8. The van der Waals surface area contributed by atoms with Crippen molar-refractivity contribution < 1.29 is 18.9 Å². The maximum absolute atomic E-state index is 5.95. The summed E-state index contributed by atoms with van der Waals surface area (Å²) >= 11 is 0. The fourth-order valence-corrected chi connectivity index (χ4v) is 4.00. The standard InChI is InChI=1S/C24H32N4O4/c1-3-29-19-7-4-5-8-21(19)32-23-11-10-18(15-26-23)16-27-24(25-2)28-12-14-31-22(17-28)20-9-6-13-30-20/h4-5,7-8,10-11,15,20,22H,3,6,9,12-14,16-17H2,1-2H3,(H,25,27). The Morgan fingerprint density at radius 2 is 2.00 bits per heavy atom. The lowest BCUT2D eigenvalue weighted by molar-refractivity contribution is -0.0817. The molecule has 2 aromatic rings. The minimum absolute atomic E-state index is 0.0995.